The second kappa shape index (κ2) is 7.98. The maximum atomic E-state index is 13.2. The fourth-order valence-electron chi connectivity index (χ4n) is 2.69. The zero-order chi connectivity index (χ0) is 19.6. The van der Waals surface area contributed by atoms with Crippen LogP contribution in [0.1, 0.15) is 26.5 Å². The van der Waals surface area contributed by atoms with Gasteiger partial charge in [0.05, 0.1) is 30.0 Å². The van der Waals surface area contributed by atoms with Crippen molar-refractivity contribution in [1.29, 1.82) is 0 Å². The van der Waals surface area contributed by atoms with Gasteiger partial charge in [-0.25, -0.2) is 4.98 Å². The van der Waals surface area contributed by atoms with Crippen molar-refractivity contribution >= 4 is 29.5 Å². The molecule has 0 bridgehead atoms. The summed E-state index contributed by atoms with van der Waals surface area (Å²) >= 11 is 2.77. The van der Waals surface area contributed by atoms with Crippen LogP contribution in [0.15, 0.2) is 39.1 Å². The maximum absolute atomic E-state index is 13.2. The summed E-state index contributed by atoms with van der Waals surface area (Å²) in [5, 5.41) is 0.490. The molecule has 1 aromatic carbocycles. The van der Waals surface area contributed by atoms with E-state index in [0.717, 1.165) is 17.9 Å². The van der Waals surface area contributed by atoms with E-state index >= 15 is 0 Å². The molecule has 3 rings (SSSR count). The van der Waals surface area contributed by atoms with Gasteiger partial charge in [0.15, 0.2) is 5.16 Å². The second-order valence-corrected chi connectivity index (χ2v) is 9.14. The first kappa shape index (κ1) is 19.8. The van der Waals surface area contributed by atoms with Crippen LogP contribution < -0.4 is 10.3 Å². The van der Waals surface area contributed by atoms with Gasteiger partial charge in [-0.05, 0) is 45.0 Å². The Bertz CT molecular complexity index is 907. The third kappa shape index (κ3) is 4.01. The van der Waals surface area contributed by atoms with Gasteiger partial charge in [-0.15, -0.1) is 11.8 Å². The Morgan fingerprint density at radius 2 is 2.04 bits per heavy atom. The number of hydrogen-bond acceptors (Lipinski definition) is 7. The van der Waals surface area contributed by atoms with Crippen LogP contribution in [0.4, 0.5) is 0 Å². The molecule has 0 fully saturated rings. The largest absolute Gasteiger partial charge is 0.497 e. The molecule has 2 heterocycles. The van der Waals surface area contributed by atoms with Gasteiger partial charge < -0.3 is 9.47 Å². The summed E-state index contributed by atoms with van der Waals surface area (Å²) in [5.74, 6) is 1.21. The number of hydrogen-bond donors (Lipinski definition) is 0. The van der Waals surface area contributed by atoms with Crippen molar-refractivity contribution in [3.05, 3.63) is 40.3 Å². The first-order chi connectivity index (χ1) is 12.9. The van der Waals surface area contributed by atoms with E-state index in [1.54, 1.807) is 44.6 Å². The number of nitrogens with zero attached hydrogens (tertiary/aromatic N) is 2. The maximum Gasteiger partial charge on any atom is 0.322 e. The quantitative estimate of drug-likeness (QED) is 0.414. The first-order valence-corrected chi connectivity index (χ1v) is 10.5. The van der Waals surface area contributed by atoms with Crippen LogP contribution in [0.2, 0.25) is 0 Å². The highest BCUT2D eigenvalue weighted by molar-refractivity contribution is 8.01. The molecule has 0 N–H and O–H groups in total. The smallest absolute Gasteiger partial charge is 0.322 e. The van der Waals surface area contributed by atoms with E-state index in [1.165, 1.54) is 23.5 Å². The average molecular weight is 407 g/mol. The molecule has 0 aliphatic carbocycles. The number of methoxy groups -OCH3 is 1. The molecule has 1 aromatic heterocycles. The summed E-state index contributed by atoms with van der Waals surface area (Å²) in [6.45, 7) is 5.64. The normalized spacial score (nSPS) is 13.3. The number of ether oxygens (including phenoxy) is 2. The lowest BCUT2D eigenvalue weighted by atomic mass is 10.2. The molecule has 1 aliphatic rings. The SMILES string of the molecule is CCOC(=O)C(C)(C)Sc1nc2c(c(=O)n1-c1ccc(OC)cc1)SCC2. The topological polar surface area (TPSA) is 70.4 Å². The predicted molar refractivity (Wildman–Crippen MR) is 107 cm³/mol. The van der Waals surface area contributed by atoms with Gasteiger partial charge in [0, 0.05) is 12.2 Å². The Morgan fingerprint density at radius 1 is 1.33 bits per heavy atom. The summed E-state index contributed by atoms with van der Waals surface area (Å²) in [6.07, 6.45) is 0.756. The highest BCUT2D eigenvalue weighted by atomic mass is 32.2. The minimum Gasteiger partial charge on any atom is -0.497 e. The van der Waals surface area contributed by atoms with Gasteiger partial charge in [-0.3, -0.25) is 14.2 Å². The van der Waals surface area contributed by atoms with Crippen molar-refractivity contribution in [3.63, 3.8) is 0 Å². The lowest BCUT2D eigenvalue weighted by Crippen LogP contribution is -2.32. The van der Waals surface area contributed by atoms with Crippen molar-refractivity contribution in [2.24, 2.45) is 0 Å². The summed E-state index contributed by atoms with van der Waals surface area (Å²) in [7, 11) is 1.60. The molecule has 6 nitrogen and oxygen atoms in total. The van der Waals surface area contributed by atoms with E-state index in [9.17, 15) is 9.59 Å². The van der Waals surface area contributed by atoms with Crippen molar-refractivity contribution in [3.8, 4) is 11.4 Å². The molecule has 8 heteroatoms. The highest BCUT2D eigenvalue weighted by Crippen LogP contribution is 2.36. The summed E-state index contributed by atoms with van der Waals surface area (Å²) in [4.78, 5) is 30.9. The fraction of sp³-hybridized carbons (Fsp3) is 0.421. The second-order valence-electron chi connectivity index (χ2n) is 6.44. The molecule has 27 heavy (non-hydrogen) atoms. The minimum absolute atomic E-state index is 0.102. The van der Waals surface area contributed by atoms with E-state index in [2.05, 4.69) is 0 Å². The Hall–Kier alpha value is -1.93. The number of thioether (sulfide) groups is 2. The zero-order valence-electron chi connectivity index (χ0n) is 15.8. The zero-order valence-corrected chi connectivity index (χ0v) is 17.4. The standard InChI is InChI=1S/C19H22N2O4S2/c1-5-25-17(23)19(2,3)27-18-20-14-10-11-26-15(14)16(22)21(18)12-6-8-13(24-4)9-7-12/h6-9H,5,10-11H2,1-4H3. The van der Waals surface area contributed by atoms with Crippen LogP contribution in [0.25, 0.3) is 5.69 Å². The lowest BCUT2D eigenvalue weighted by molar-refractivity contribution is -0.145. The van der Waals surface area contributed by atoms with E-state index in [4.69, 9.17) is 14.5 Å². The molecule has 1 aliphatic heterocycles. The van der Waals surface area contributed by atoms with E-state index < -0.39 is 4.75 Å². The molecule has 2 aromatic rings. The Balaban J connectivity index is 2.10. The number of fused-ring (bicyclic) bond motifs is 1. The molecule has 0 amide bonds. The third-order valence-corrected chi connectivity index (χ3v) is 6.35. The number of aromatic nitrogens is 2. The van der Waals surface area contributed by atoms with E-state index in [0.29, 0.717) is 28.1 Å². The molecular weight excluding hydrogens is 384 g/mol. The molecule has 0 spiro atoms. The van der Waals surface area contributed by atoms with Gasteiger partial charge in [-0.2, -0.15) is 0 Å². The molecule has 0 radical (unpaired) electrons. The van der Waals surface area contributed by atoms with Gasteiger partial charge in [0.2, 0.25) is 0 Å². The molecule has 0 atom stereocenters. The molecule has 0 saturated carbocycles. The Labute approximate surface area is 166 Å². The summed E-state index contributed by atoms with van der Waals surface area (Å²) in [5.41, 5.74) is 1.39. The van der Waals surface area contributed by atoms with Crippen molar-refractivity contribution in [2.75, 3.05) is 19.5 Å². The first-order valence-electron chi connectivity index (χ1n) is 8.66. The number of esters is 1. The predicted octanol–water partition coefficient (Wildman–Crippen LogP) is 3.32. The lowest BCUT2D eigenvalue weighted by Gasteiger charge is -2.23. The minimum atomic E-state index is -0.871. The van der Waals surface area contributed by atoms with Crippen LogP contribution >= 0.6 is 23.5 Å². The van der Waals surface area contributed by atoms with Crippen LogP contribution in [0, 0.1) is 0 Å². The van der Waals surface area contributed by atoms with Crippen molar-refractivity contribution in [2.45, 2.75) is 42.0 Å². The monoisotopic (exact) mass is 406 g/mol. The number of rotatable bonds is 6. The van der Waals surface area contributed by atoms with Crippen molar-refractivity contribution in [1.82, 2.24) is 9.55 Å². The van der Waals surface area contributed by atoms with Crippen molar-refractivity contribution < 1.29 is 14.3 Å². The summed E-state index contributed by atoms with van der Waals surface area (Å²) < 4.78 is 11.1. The molecule has 144 valence electrons. The van der Waals surface area contributed by atoms with Gasteiger partial charge in [-0.1, -0.05) is 11.8 Å². The van der Waals surface area contributed by atoms with Crippen LogP contribution in [-0.4, -0.2) is 39.7 Å². The van der Waals surface area contributed by atoms with E-state index in [-0.39, 0.29) is 11.5 Å². The Kier molecular flexibility index (Phi) is 5.86. The number of carbonyl (C=O) groups is 1. The molecule has 0 saturated heterocycles. The molecular formula is C19H22N2O4S2. The van der Waals surface area contributed by atoms with Crippen LogP contribution in [-0.2, 0) is 16.0 Å². The molecule has 0 unspecified atom stereocenters. The van der Waals surface area contributed by atoms with Gasteiger partial charge in [0.1, 0.15) is 10.5 Å². The van der Waals surface area contributed by atoms with Crippen LogP contribution in [0.3, 0.4) is 0 Å². The van der Waals surface area contributed by atoms with E-state index in [1.807, 2.05) is 12.1 Å². The van der Waals surface area contributed by atoms with Gasteiger partial charge in [0.25, 0.3) is 5.56 Å². The number of carbonyl (C=O) groups excluding carboxylic acids is 1. The average Bonchev–Trinajstić information content (AvgIpc) is 3.11. The number of benzene rings is 1. The number of aryl methyl sites for hydroxylation is 1. The fourth-order valence-corrected chi connectivity index (χ4v) is 4.76. The highest BCUT2D eigenvalue weighted by Gasteiger charge is 2.34. The van der Waals surface area contributed by atoms with Crippen LogP contribution in [0.5, 0.6) is 5.75 Å². The summed E-state index contributed by atoms with van der Waals surface area (Å²) in [6, 6.07) is 7.23. The van der Waals surface area contributed by atoms with Gasteiger partial charge >= 0.3 is 5.97 Å². The Morgan fingerprint density at radius 3 is 2.67 bits per heavy atom. The third-order valence-electron chi connectivity index (χ3n) is 4.11.